The van der Waals surface area contributed by atoms with Crippen molar-refractivity contribution in [3.63, 3.8) is 0 Å². The summed E-state index contributed by atoms with van der Waals surface area (Å²) in [6.45, 7) is 4.06. The molecule has 1 aromatic carbocycles. The maximum atomic E-state index is 10.6. The van der Waals surface area contributed by atoms with E-state index in [1.54, 1.807) is 0 Å². The van der Waals surface area contributed by atoms with Gasteiger partial charge in [0.05, 0.1) is 0 Å². The van der Waals surface area contributed by atoms with Crippen molar-refractivity contribution < 1.29 is 9.90 Å². The zero-order valence-corrected chi connectivity index (χ0v) is 9.16. The van der Waals surface area contributed by atoms with E-state index in [1.807, 2.05) is 38.1 Å². The SMILES string of the molecule is CCC/C(=C\C(=O)O)c1ccc(C)cc1. The molecular formula is C13H16O2. The molecule has 0 saturated carbocycles. The molecule has 0 saturated heterocycles. The van der Waals surface area contributed by atoms with Crippen LogP contribution in [0.15, 0.2) is 30.3 Å². The van der Waals surface area contributed by atoms with E-state index in [2.05, 4.69) is 0 Å². The van der Waals surface area contributed by atoms with Crippen LogP contribution in [0.4, 0.5) is 0 Å². The molecule has 0 aliphatic carbocycles. The molecule has 1 N–H and O–H groups in total. The molecule has 0 amide bonds. The van der Waals surface area contributed by atoms with Gasteiger partial charge in [0.1, 0.15) is 0 Å². The fourth-order valence-corrected chi connectivity index (χ4v) is 1.49. The number of aryl methyl sites for hydroxylation is 1. The number of carboxylic acid groups (broad SMARTS) is 1. The Morgan fingerprint density at radius 3 is 2.40 bits per heavy atom. The number of aliphatic carboxylic acids is 1. The zero-order chi connectivity index (χ0) is 11.3. The Morgan fingerprint density at radius 2 is 1.93 bits per heavy atom. The predicted octanol–water partition coefficient (Wildman–Crippen LogP) is 3.26. The first-order valence-electron chi connectivity index (χ1n) is 5.14. The molecule has 1 rings (SSSR count). The normalized spacial score (nSPS) is 11.5. The lowest BCUT2D eigenvalue weighted by Gasteiger charge is -2.05. The van der Waals surface area contributed by atoms with Crippen LogP contribution in [0.25, 0.3) is 5.57 Å². The molecular weight excluding hydrogens is 188 g/mol. The fraction of sp³-hybridized carbons (Fsp3) is 0.308. The second-order valence-corrected chi connectivity index (χ2v) is 3.62. The number of allylic oxidation sites excluding steroid dienone is 1. The van der Waals surface area contributed by atoms with E-state index in [0.717, 1.165) is 24.0 Å². The summed E-state index contributed by atoms with van der Waals surface area (Å²) in [6, 6.07) is 7.95. The van der Waals surface area contributed by atoms with E-state index in [-0.39, 0.29) is 0 Å². The first-order chi connectivity index (χ1) is 7.13. The summed E-state index contributed by atoms with van der Waals surface area (Å²) in [5.74, 6) is -0.876. The Morgan fingerprint density at radius 1 is 1.33 bits per heavy atom. The number of hydrogen-bond acceptors (Lipinski definition) is 1. The van der Waals surface area contributed by atoms with Crippen molar-refractivity contribution in [3.8, 4) is 0 Å². The van der Waals surface area contributed by atoms with Gasteiger partial charge in [0.25, 0.3) is 0 Å². The van der Waals surface area contributed by atoms with Gasteiger partial charge in [-0.15, -0.1) is 0 Å². The van der Waals surface area contributed by atoms with Gasteiger partial charge in [-0.2, -0.15) is 0 Å². The summed E-state index contributed by atoms with van der Waals surface area (Å²) in [6.07, 6.45) is 3.05. The molecule has 0 unspecified atom stereocenters. The third-order valence-corrected chi connectivity index (χ3v) is 2.24. The maximum absolute atomic E-state index is 10.6. The molecule has 0 radical (unpaired) electrons. The minimum absolute atomic E-state index is 0.801. The highest BCUT2D eigenvalue weighted by atomic mass is 16.4. The molecule has 0 aliphatic heterocycles. The molecule has 0 aromatic heterocycles. The van der Waals surface area contributed by atoms with Crippen LogP contribution in [0.2, 0.25) is 0 Å². The van der Waals surface area contributed by atoms with Crippen LogP contribution in [0.3, 0.4) is 0 Å². The third-order valence-electron chi connectivity index (χ3n) is 2.24. The Hall–Kier alpha value is -1.57. The van der Waals surface area contributed by atoms with Crippen LogP contribution in [0, 0.1) is 6.92 Å². The molecule has 0 fully saturated rings. The number of benzene rings is 1. The maximum Gasteiger partial charge on any atom is 0.328 e. The molecule has 0 spiro atoms. The summed E-state index contributed by atoms with van der Waals surface area (Å²) < 4.78 is 0. The zero-order valence-electron chi connectivity index (χ0n) is 9.16. The molecule has 80 valence electrons. The minimum Gasteiger partial charge on any atom is -0.478 e. The van der Waals surface area contributed by atoms with Crippen LogP contribution in [-0.2, 0) is 4.79 Å². The lowest BCUT2D eigenvalue weighted by Crippen LogP contribution is -1.92. The summed E-state index contributed by atoms with van der Waals surface area (Å²) >= 11 is 0. The van der Waals surface area contributed by atoms with Crippen LogP contribution < -0.4 is 0 Å². The summed E-state index contributed by atoms with van der Waals surface area (Å²) in [4.78, 5) is 10.6. The van der Waals surface area contributed by atoms with Gasteiger partial charge in [-0.05, 0) is 24.5 Å². The lowest BCUT2D eigenvalue weighted by molar-refractivity contribution is -0.131. The predicted molar refractivity (Wildman–Crippen MR) is 61.7 cm³/mol. The topological polar surface area (TPSA) is 37.3 Å². The van der Waals surface area contributed by atoms with Crippen LogP contribution in [0.1, 0.15) is 30.9 Å². The van der Waals surface area contributed by atoms with Gasteiger partial charge in [0, 0.05) is 6.08 Å². The van der Waals surface area contributed by atoms with Crippen LogP contribution >= 0.6 is 0 Å². The van der Waals surface area contributed by atoms with Gasteiger partial charge in [-0.3, -0.25) is 0 Å². The van der Waals surface area contributed by atoms with Gasteiger partial charge in [-0.1, -0.05) is 43.2 Å². The van der Waals surface area contributed by atoms with Gasteiger partial charge in [0.2, 0.25) is 0 Å². The standard InChI is InChI=1S/C13H16O2/c1-3-4-12(9-13(14)15)11-7-5-10(2)6-8-11/h5-9H,3-4H2,1-2H3,(H,14,15)/b12-9+. The monoisotopic (exact) mass is 204 g/mol. The van der Waals surface area contributed by atoms with Crippen molar-refractivity contribution in [2.45, 2.75) is 26.7 Å². The summed E-state index contributed by atoms with van der Waals surface area (Å²) in [5, 5.41) is 8.75. The average Bonchev–Trinajstić information content (AvgIpc) is 2.17. The molecule has 2 heteroatoms. The third kappa shape index (κ3) is 3.58. The van der Waals surface area contributed by atoms with Crippen molar-refractivity contribution in [3.05, 3.63) is 41.5 Å². The van der Waals surface area contributed by atoms with Gasteiger partial charge < -0.3 is 5.11 Å². The van der Waals surface area contributed by atoms with Gasteiger partial charge in [-0.25, -0.2) is 4.79 Å². The first-order valence-corrected chi connectivity index (χ1v) is 5.14. The second kappa shape index (κ2) is 5.35. The largest absolute Gasteiger partial charge is 0.478 e. The molecule has 2 nitrogen and oxygen atoms in total. The minimum atomic E-state index is -0.876. The van der Waals surface area contributed by atoms with Gasteiger partial charge >= 0.3 is 5.97 Å². The van der Waals surface area contributed by atoms with E-state index < -0.39 is 5.97 Å². The molecule has 0 atom stereocenters. The second-order valence-electron chi connectivity index (χ2n) is 3.62. The summed E-state index contributed by atoms with van der Waals surface area (Å²) in [7, 11) is 0. The Labute approximate surface area is 90.3 Å². The van der Waals surface area contributed by atoms with Crippen molar-refractivity contribution in [2.24, 2.45) is 0 Å². The van der Waals surface area contributed by atoms with Crippen molar-refractivity contribution in [1.29, 1.82) is 0 Å². The summed E-state index contributed by atoms with van der Waals surface area (Å²) in [5.41, 5.74) is 3.08. The van der Waals surface area contributed by atoms with E-state index in [1.165, 1.54) is 11.6 Å². The number of carboxylic acids is 1. The van der Waals surface area contributed by atoms with E-state index >= 15 is 0 Å². The number of carbonyl (C=O) groups is 1. The number of rotatable bonds is 4. The van der Waals surface area contributed by atoms with Crippen molar-refractivity contribution >= 4 is 11.5 Å². The fourth-order valence-electron chi connectivity index (χ4n) is 1.49. The van der Waals surface area contributed by atoms with Gasteiger partial charge in [0.15, 0.2) is 0 Å². The molecule has 15 heavy (non-hydrogen) atoms. The van der Waals surface area contributed by atoms with E-state index in [0.29, 0.717) is 0 Å². The highest BCUT2D eigenvalue weighted by Gasteiger charge is 2.02. The quantitative estimate of drug-likeness (QED) is 0.764. The van der Waals surface area contributed by atoms with E-state index in [4.69, 9.17) is 5.11 Å². The van der Waals surface area contributed by atoms with Crippen molar-refractivity contribution in [2.75, 3.05) is 0 Å². The average molecular weight is 204 g/mol. The highest BCUT2D eigenvalue weighted by Crippen LogP contribution is 2.20. The molecule has 0 aliphatic rings. The Kier molecular flexibility index (Phi) is 4.10. The molecule has 1 aromatic rings. The Balaban J connectivity index is 2.99. The number of hydrogen-bond donors (Lipinski definition) is 1. The molecule has 0 heterocycles. The molecule has 0 bridgehead atoms. The van der Waals surface area contributed by atoms with Crippen molar-refractivity contribution in [1.82, 2.24) is 0 Å². The van der Waals surface area contributed by atoms with Crippen LogP contribution in [0.5, 0.6) is 0 Å². The Bertz CT molecular complexity index is 361. The van der Waals surface area contributed by atoms with E-state index in [9.17, 15) is 4.79 Å². The van der Waals surface area contributed by atoms with Crippen LogP contribution in [-0.4, -0.2) is 11.1 Å². The lowest BCUT2D eigenvalue weighted by atomic mass is 10.00. The smallest absolute Gasteiger partial charge is 0.328 e. The highest BCUT2D eigenvalue weighted by molar-refractivity contribution is 5.90. The first kappa shape index (κ1) is 11.5.